The third-order valence-corrected chi connectivity index (χ3v) is 3.80. The molecule has 0 aliphatic carbocycles. The van der Waals surface area contributed by atoms with E-state index < -0.39 is 11.6 Å². The molecule has 2 rings (SSSR count). The van der Waals surface area contributed by atoms with E-state index in [1.807, 2.05) is 7.05 Å². The van der Waals surface area contributed by atoms with Crippen molar-refractivity contribution < 1.29 is 14.4 Å². The maximum Gasteiger partial charge on any atom is 0.322 e. The summed E-state index contributed by atoms with van der Waals surface area (Å²) in [5.74, 6) is -0.144. The Morgan fingerprint density at radius 3 is 2.58 bits per heavy atom. The highest BCUT2D eigenvalue weighted by molar-refractivity contribution is 6.07. The standard InChI is InChI=1S/C12H20N4O3/c1-13-6-2-3-9(17)16-7-4-12(5-8-16)10(18)14-11(19)15-12/h13H,2-8H2,1H3,(H2,14,15,18,19). The molecule has 2 heterocycles. The molecule has 0 radical (unpaired) electrons. The number of nitrogens with one attached hydrogen (secondary N) is 3. The molecule has 19 heavy (non-hydrogen) atoms. The van der Waals surface area contributed by atoms with Crippen molar-refractivity contribution in [1.29, 1.82) is 0 Å². The highest BCUT2D eigenvalue weighted by Gasteiger charge is 2.48. The molecule has 2 fully saturated rings. The van der Waals surface area contributed by atoms with Gasteiger partial charge in [-0.05, 0) is 32.9 Å². The zero-order valence-corrected chi connectivity index (χ0v) is 11.1. The Morgan fingerprint density at radius 1 is 1.37 bits per heavy atom. The number of nitrogens with zero attached hydrogens (tertiary/aromatic N) is 1. The summed E-state index contributed by atoms with van der Waals surface area (Å²) in [4.78, 5) is 36.6. The number of hydrogen-bond acceptors (Lipinski definition) is 4. The summed E-state index contributed by atoms with van der Waals surface area (Å²) in [6.45, 7) is 1.86. The van der Waals surface area contributed by atoms with Gasteiger partial charge in [0.05, 0.1) is 0 Å². The van der Waals surface area contributed by atoms with Gasteiger partial charge in [0.1, 0.15) is 5.54 Å². The third kappa shape index (κ3) is 2.86. The van der Waals surface area contributed by atoms with Gasteiger partial charge in [-0.25, -0.2) is 4.79 Å². The van der Waals surface area contributed by atoms with Gasteiger partial charge in [-0.2, -0.15) is 0 Å². The van der Waals surface area contributed by atoms with Gasteiger partial charge in [0, 0.05) is 19.5 Å². The van der Waals surface area contributed by atoms with Gasteiger partial charge in [-0.3, -0.25) is 14.9 Å². The van der Waals surface area contributed by atoms with Crippen LogP contribution in [0.1, 0.15) is 25.7 Å². The van der Waals surface area contributed by atoms with Gasteiger partial charge in [-0.1, -0.05) is 0 Å². The summed E-state index contributed by atoms with van der Waals surface area (Å²) in [6, 6.07) is -0.432. The second-order valence-electron chi connectivity index (χ2n) is 5.08. The van der Waals surface area contributed by atoms with Crippen LogP contribution in [0.15, 0.2) is 0 Å². The molecule has 2 saturated heterocycles. The number of urea groups is 1. The Hall–Kier alpha value is -1.63. The summed E-state index contributed by atoms with van der Waals surface area (Å²) in [7, 11) is 1.86. The smallest absolute Gasteiger partial charge is 0.322 e. The van der Waals surface area contributed by atoms with Crippen molar-refractivity contribution in [3.63, 3.8) is 0 Å². The molecule has 4 amide bonds. The van der Waals surface area contributed by atoms with Crippen LogP contribution in [-0.4, -0.2) is 55.0 Å². The van der Waals surface area contributed by atoms with Crippen LogP contribution < -0.4 is 16.0 Å². The second kappa shape index (κ2) is 5.56. The van der Waals surface area contributed by atoms with E-state index >= 15 is 0 Å². The van der Waals surface area contributed by atoms with Crippen LogP contribution in [0.3, 0.4) is 0 Å². The first-order valence-electron chi connectivity index (χ1n) is 6.63. The van der Waals surface area contributed by atoms with Crippen LogP contribution in [-0.2, 0) is 9.59 Å². The molecule has 1 spiro atoms. The van der Waals surface area contributed by atoms with Crippen molar-refractivity contribution in [3.8, 4) is 0 Å². The van der Waals surface area contributed by atoms with Crippen molar-refractivity contribution in [2.75, 3.05) is 26.7 Å². The molecule has 0 unspecified atom stereocenters. The Balaban J connectivity index is 1.84. The number of amides is 4. The van der Waals surface area contributed by atoms with Gasteiger partial charge >= 0.3 is 6.03 Å². The van der Waals surface area contributed by atoms with Crippen molar-refractivity contribution >= 4 is 17.8 Å². The van der Waals surface area contributed by atoms with E-state index in [9.17, 15) is 14.4 Å². The first-order valence-corrected chi connectivity index (χ1v) is 6.63. The normalized spacial score (nSPS) is 21.4. The fraction of sp³-hybridized carbons (Fsp3) is 0.750. The predicted octanol–water partition coefficient (Wildman–Crippen LogP) is -0.813. The monoisotopic (exact) mass is 268 g/mol. The fourth-order valence-electron chi connectivity index (χ4n) is 2.59. The summed E-state index contributed by atoms with van der Waals surface area (Å²) in [6.07, 6.45) is 2.31. The molecule has 2 aliphatic heterocycles. The first-order chi connectivity index (χ1) is 9.07. The molecule has 3 N–H and O–H groups in total. The van der Waals surface area contributed by atoms with E-state index in [4.69, 9.17) is 0 Å². The van der Waals surface area contributed by atoms with Gasteiger partial charge in [0.2, 0.25) is 5.91 Å². The summed E-state index contributed by atoms with van der Waals surface area (Å²) in [5.41, 5.74) is -0.793. The van der Waals surface area contributed by atoms with E-state index in [1.165, 1.54) is 0 Å². The molecule has 0 aromatic heterocycles. The Labute approximate surface area is 112 Å². The van der Waals surface area contributed by atoms with Crippen molar-refractivity contribution in [3.05, 3.63) is 0 Å². The second-order valence-corrected chi connectivity index (χ2v) is 5.08. The van der Waals surface area contributed by atoms with Crippen molar-refractivity contribution in [2.24, 2.45) is 0 Å². The summed E-state index contributed by atoms with van der Waals surface area (Å²) in [5, 5.41) is 7.95. The molecule has 0 aromatic rings. The molecule has 0 atom stereocenters. The minimum Gasteiger partial charge on any atom is -0.342 e. The lowest BCUT2D eigenvalue weighted by atomic mass is 9.87. The lowest BCUT2D eigenvalue weighted by Crippen LogP contribution is -2.55. The molecule has 7 heteroatoms. The molecule has 2 aliphatic rings. The van der Waals surface area contributed by atoms with Crippen molar-refractivity contribution in [1.82, 2.24) is 20.9 Å². The van der Waals surface area contributed by atoms with E-state index in [2.05, 4.69) is 16.0 Å². The number of rotatable bonds is 4. The van der Waals surface area contributed by atoms with Gasteiger partial charge in [-0.15, -0.1) is 0 Å². The quantitative estimate of drug-likeness (QED) is 0.459. The van der Waals surface area contributed by atoms with E-state index in [-0.39, 0.29) is 11.8 Å². The zero-order valence-electron chi connectivity index (χ0n) is 11.1. The first kappa shape index (κ1) is 13.8. The highest BCUT2D eigenvalue weighted by Crippen LogP contribution is 2.25. The van der Waals surface area contributed by atoms with Crippen LogP contribution in [0.4, 0.5) is 4.79 Å². The molecule has 106 valence electrons. The number of imide groups is 1. The van der Waals surface area contributed by atoms with Crippen LogP contribution in [0, 0.1) is 0 Å². The largest absolute Gasteiger partial charge is 0.342 e. The molecular weight excluding hydrogens is 248 g/mol. The minimum atomic E-state index is -0.793. The topological polar surface area (TPSA) is 90.5 Å². The number of carbonyl (C=O) groups excluding carboxylic acids is 3. The van der Waals surface area contributed by atoms with Crippen molar-refractivity contribution in [2.45, 2.75) is 31.2 Å². The average molecular weight is 268 g/mol. The Morgan fingerprint density at radius 2 is 2.05 bits per heavy atom. The lowest BCUT2D eigenvalue weighted by Gasteiger charge is -2.37. The highest BCUT2D eigenvalue weighted by atomic mass is 16.2. The third-order valence-electron chi connectivity index (χ3n) is 3.80. The molecular formula is C12H20N4O3. The van der Waals surface area contributed by atoms with E-state index in [0.717, 1.165) is 13.0 Å². The summed E-state index contributed by atoms with van der Waals surface area (Å²) < 4.78 is 0. The average Bonchev–Trinajstić information content (AvgIpc) is 2.65. The minimum absolute atomic E-state index is 0.120. The Bertz CT molecular complexity index is 388. The zero-order chi connectivity index (χ0) is 13.9. The SMILES string of the molecule is CNCCCC(=O)N1CCC2(CC1)NC(=O)NC2=O. The number of piperidine rings is 1. The van der Waals surface area contributed by atoms with Crippen LogP contribution >= 0.6 is 0 Å². The molecule has 0 aromatic carbocycles. The van der Waals surface area contributed by atoms with E-state index in [0.29, 0.717) is 32.4 Å². The number of likely N-dealkylation sites (tertiary alicyclic amines) is 1. The number of hydrogen-bond donors (Lipinski definition) is 3. The van der Waals surface area contributed by atoms with Gasteiger partial charge in [0.15, 0.2) is 0 Å². The maximum atomic E-state index is 11.9. The van der Waals surface area contributed by atoms with Gasteiger partial charge in [0.25, 0.3) is 5.91 Å². The molecule has 7 nitrogen and oxygen atoms in total. The number of carbonyl (C=O) groups is 3. The lowest BCUT2D eigenvalue weighted by molar-refractivity contribution is -0.135. The van der Waals surface area contributed by atoms with Crippen LogP contribution in [0.25, 0.3) is 0 Å². The van der Waals surface area contributed by atoms with Crippen LogP contribution in [0.2, 0.25) is 0 Å². The molecule has 0 saturated carbocycles. The fourth-order valence-corrected chi connectivity index (χ4v) is 2.59. The maximum absolute atomic E-state index is 11.9. The van der Waals surface area contributed by atoms with Crippen LogP contribution in [0.5, 0.6) is 0 Å². The molecule has 0 bridgehead atoms. The Kier molecular flexibility index (Phi) is 4.04. The summed E-state index contributed by atoms with van der Waals surface area (Å²) >= 11 is 0. The van der Waals surface area contributed by atoms with Gasteiger partial charge < -0.3 is 15.5 Å². The predicted molar refractivity (Wildman–Crippen MR) is 68.4 cm³/mol. The van der Waals surface area contributed by atoms with E-state index in [1.54, 1.807) is 4.90 Å².